The molecule has 0 spiro atoms. The monoisotopic (exact) mass is 424 g/mol. The van der Waals surface area contributed by atoms with Gasteiger partial charge in [0.15, 0.2) is 0 Å². The number of thioether (sulfide) groups is 1. The lowest BCUT2D eigenvalue weighted by molar-refractivity contribution is -0.123. The summed E-state index contributed by atoms with van der Waals surface area (Å²) in [5, 5.41) is 0.658. The summed E-state index contributed by atoms with van der Waals surface area (Å²) in [7, 11) is 1.53. The molecule has 1 aliphatic heterocycles. The van der Waals surface area contributed by atoms with Gasteiger partial charge in [-0.1, -0.05) is 36.4 Å². The quantitative estimate of drug-likeness (QED) is 0.533. The van der Waals surface area contributed by atoms with Crippen molar-refractivity contribution >= 4 is 39.9 Å². The molecule has 2 aromatic carbocycles. The number of imide groups is 1. The van der Waals surface area contributed by atoms with Crippen LogP contribution in [0.2, 0.25) is 0 Å². The summed E-state index contributed by atoms with van der Waals surface area (Å²) in [5.74, 6) is -0.567. The Morgan fingerprint density at radius 1 is 1.10 bits per heavy atom. The minimum absolute atomic E-state index is 0.229. The molecule has 0 radical (unpaired) electrons. The zero-order chi connectivity index (χ0) is 21.3. The second kappa shape index (κ2) is 8.45. The highest BCUT2D eigenvalue weighted by Crippen LogP contribution is 2.35. The van der Waals surface area contributed by atoms with E-state index in [0.29, 0.717) is 23.6 Å². The van der Waals surface area contributed by atoms with Gasteiger partial charge >= 0.3 is 0 Å². The highest BCUT2D eigenvalue weighted by atomic mass is 32.2. The first-order chi connectivity index (χ1) is 14.5. The fourth-order valence-electron chi connectivity index (χ4n) is 3.65. The largest absolute Gasteiger partial charge is 0.383 e. The second-order valence-electron chi connectivity index (χ2n) is 7.02. The number of carbonyl (C=O) groups is 2. The molecule has 2 amide bonds. The molecule has 2 heterocycles. The van der Waals surface area contributed by atoms with Crippen molar-refractivity contribution in [1.29, 1.82) is 0 Å². The molecule has 30 heavy (non-hydrogen) atoms. The summed E-state index contributed by atoms with van der Waals surface area (Å²) in [6.07, 6.45) is 1.77. The molecule has 3 aromatic rings. The van der Waals surface area contributed by atoms with Crippen molar-refractivity contribution < 1.29 is 18.7 Å². The third-order valence-electron chi connectivity index (χ3n) is 5.23. The van der Waals surface area contributed by atoms with E-state index in [1.54, 1.807) is 18.2 Å². The summed E-state index contributed by atoms with van der Waals surface area (Å²) in [5.41, 5.74) is 3.30. The number of halogens is 1. The fourth-order valence-corrected chi connectivity index (χ4v) is 4.49. The van der Waals surface area contributed by atoms with Crippen molar-refractivity contribution in [3.63, 3.8) is 0 Å². The van der Waals surface area contributed by atoms with Crippen LogP contribution < -0.4 is 0 Å². The molecule has 4 rings (SSSR count). The molecule has 0 aliphatic carbocycles. The van der Waals surface area contributed by atoms with E-state index in [0.717, 1.165) is 33.9 Å². The second-order valence-corrected chi connectivity index (χ2v) is 8.01. The average molecular weight is 424 g/mol. The van der Waals surface area contributed by atoms with Gasteiger partial charge in [0, 0.05) is 34.8 Å². The summed E-state index contributed by atoms with van der Waals surface area (Å²) in [6.45, 7) is 2.85. The predicted molar refractivity (Wildman–Crippen MR) is 117 cm³/mol. The molecule has 1 aromatic heterocycles. The number of methoxy groups -OCH3 is 1. The van der Waals surface area contributed by atoms with E-state index in [4.69, 9.17) is 4.74 Å². The molecule has 1 saturated heterocycles. The van der Waals surface area contributed by atoms with Crippen LogP contribution in [-0.2, 0) is 16.1 Å². The molecule has 0 saturated carbocycles. The minimum Gasteiger partial charge on any atom is -0.383 e. The fraction of sp³-hybridized carbons (Fsp3) is 0.217. The number of aromatic nitrogens is 1. The molecule has 0 N–H and O–H groups in total. The Morgan fingerprint density at radius 3 is 2.60 bits per heavy atom. The maximum atomic E-state index is 14.3. The van der Waals surface area contributed by atoms with Crippen molar-refractivity contribution in [3.8, 4) is 0 Å². The Kier molecular flexibility index (Phi) is 5.74. The molecule has 0 unspecified atom stereocenters. The number of carbonyl (C=O) groups excluding carboxylic acids is 2. The zero-order valence-corrected chi connectivity index (χ0v) is 17.5. The molecule has 7 heteroatoms. The highest BCUT2D eigenvalue weighted by Gasteiger charge is 2.35. The van der Waals surface area contributed by atoms with Crippen LogP contribution in [0.15, 0.2) is 53.4 Å². The minimum atomic E-state index is -0.313. The first-order valence-corrected chi connectivity index (χ1v) is 10.4. The third-order valence-corrected chi connectivity index (χ3v) is 6.14. The van der Waals surface area contributed by atoms with E-state index in [9.17, 15) is 14.0 Å². The smallest absolute Gasteiger partial charge is 0.293 e. The lowest BCUT2D eigenvalue weighted by Gasteiger charge is -2.10. The van der Waals surface area contributed by atoms with E-state index < -0.39 is 0 Å². The number of ether oxygens (including phenoxy) is 1. The number of hydrogen-bond donors (Lipinski definition) is 0. The number of hydrogen-bond acceptors (Lipinski definition) is 4. The molecule has 1 aliphatic rings. The van der Waals surface area contributed by atoms with Crippen molar-refractivity contribution in [1.82, 2.24) is 9.47 Å². The predicted octanol–water partition coefficient (Wildman–Crippen LogP) is 4.82. The van der Waals surface area contributed by atoms with Gasteiger partial charge in [-0.25, -0.2) is 4.39 Å². The number of para-hydroxylation sites is 1. The van der Waals surface area contributed by atoms with Crippen LogP contribution >= 0.6 is 11.8 Å². The van der Waals surface area contributed by atoms with Gasteiger partial charge in [0.25, 0.3) is 11.1 Å². The maximum absolute atomic E-state index is 14.3. The van der Waals surface area contributed by atoms with Crippen LogP contribution in [0.25, 0.3) is 17.0 Å². The normalized spacial score (nSPS) is 15.7. The summed E-state index contributed by atoms with van der Waals surface area (Å²) < 4.78 is 21.3. The Bertz CT molecular complexity index is 1170. The van der Waals surface area contributed by atoms with Crippen molar-refractivity contribution in [3.05, 3.63) is 76.1 Å². The van der Waals surface area contributed by atoms with Gasteiger partial charge in [-0.2, -0.15) is 0 Å². The average Bonchev–Trinajstić information content (AvgIpc) is 3.16. The number of benzene rings is 2. The topological polar surface area (TPSA) is 51.5 Å². The highest BCUT2D eigenvalue weighted by molar-refractivity contribution is 8.18. The Hall–Kier alpha value is -2.90. The first-order valence-electron chi connectivity index (χ1n) is 9.56. The van der Waals surface area contributed by atoms with Crippen LogP contribution in [0.1, 0.15) is 16.8 Å². The Morgan fingerprint density at radius 2 is 1.83 bits per heavy atom. The van der Waals surface area contributed by atoms with Gasteiger partial charge in [0.1, 0.15) is 5.82 Å². The van der Waals surface area contributed by atoms with Crippen molar-refractivity contribution in [2.45, 2.75) is 13.5 Å². The van der Waals surface area contributed by atoms with E-state index in [1.807, 2.05) is 41.8 Å². The van der Waals surface area contributed by atoms with Crippen LogP contribution in [0.3, 0.4) is 0 Å². The Labute approximate surface area is 178 Å². The van der Waals surface area contributed by atoms with E-state index >= 15 is 0 Å². The molecule has 154 valence electrons. The number of rotatable bonds is 6. The molecular formula is C23H21FN2O3S. The van der Waals surface area contributed by atoms with Crippen molar-refractivity contribution in [2.24, 2.45) is 0 Å². The van der Waals surface area contributed by atoms with Gasteiger partial charge in [-0.15, -0.1) is 0 Å². The first kappa shape index (κ1) is 20.4. The van der Waals surface area contributed by atoms with Gasteiger partial charge in [0.05, 0.1) is 24.6 Å². The van der Waals surface area contributed by atoms with Gasteiger partial charge in [-0.3, -0.25) is 14.5 Å². The molecule has 0 atom stereocenters. The van der Waals surface area contributed by atoms with Gasteiger partial charge in [-0.05, 0) is 36.9 Å². The zero-order valence-electron chi connectivity index (χ0n) is 16.7. The molecular weight excluding hydrogens is 403 g/mol. The summed E-state index contributed by atoms with van der Waals surface area (Å²) in [6, 6.07) is 14.5. The van der Waals surface area contributed by atoms with E-state index in [2.05, 4.69) is 0 Å². The van der Waals surface area contributed by atoms with Crippen LogP contribution in [0.4, 0.5) is 9.18 Å². The van der Waals surface area contributed by atoms with Crippen molar-refractivity contribution in [2.75, 3.05) is 20.3 Å². The lowest BCUT2D eigenvalue weighted by atomic mass is 10.1. The standard InChI is InChI=1S/C23H21FN2O3S/c1-15-18(13-21-22(27)25(11-12-29-2)23(28)30-21)17-8-4-6-10-20(17)26(15)14-16-7-3-5-9-19(16)24/h3-10,13H,11-12,14H2,1-2H3/b21-13+. The van der Waals surface area contributed by atoms with Crippen LogP contribution in [0.5, 0.6) is 0 Å². The number of nitrogens with zero attached hydrogens (tertiary/aromatic N) is 2. The Balaban J connectivity index is 1.77. The third kappa shape index (κ3) is 3.66. The SMILES string of the molecule is COCCN1C(=O)S/C(=C/c2c(C)n(Cc3ccccc3F)c3ccccc23)C1=O. The van der Waals surface area contributed by atoms with Crippen LogP contribution in [0, 0.1) is 12.7 Å². The summed E-state index contributed by atoms with van der Waals surface area (Å²) >= 11 is 0.934. The summed E-state index contributed by atoms with van der Waals surface area (Å²) in [4.78, 5) is 26.6. The van der Waals surface area contributed by atoms with Crippen LogP contribution in [-0.4, -0.2) is 40.9 Å². The molecule has 0 bridgehead atoms. The number of amides is 2. The lowest BCUT2D eigenvalue weighted by Crippen LogP contribution is -2.31. The van der Waals surface area contributed by atoms with E-state index in [1.165, 1.54) is 18.1 Å². The van der Waals surface area contributed by atoms with Gasteiger partial charge < -0.3 is 9.30 Å². The van der Waals surface area contributed by atoms with E-state index in [-0.39, 0.29) is 23.5 Å². The van der Waals surface area contributed by atoms with Gasteiger partial charge in [0.2, 0.25) is 0 Å². The molecule has 5 nitrogen and oxygen atoms in total. The number of fused-ring (bicyclic) bond motifs is 1. The maximum Gasteiger partial charge on any atom is 0.293 e. The molecule has 1 fully saturated rings.